The average molecular weight is 252 g/mol. The third-order valence-electron chi connectivity index (χ3n) is 3.16. The highest BCUT2D eigenvalue weighted by Crippen LogP contribution is 2.16. The highest BCUT2D eigenvalue weighted by molar-refractivity contribution is 5.69. The Labute approximate surface area is 115 Å². The number of benzene rings is 1. The van der Waals surface area contributed by atoms with Gasteiger partial charge in [0.25, 0.3) is 0 Å². The Bertz CT molecular complexity index is 511. The van der Waals surface area contributed by atoms with Crippen LogP contribution in [0.1, 0.15) is 25.1 Å². The molecule has 0 spiro atoms. The maximum Gasteiger partial charge on any atom is 0.0629 e. The van der Waals surface area contributed by atoms with Crippen molar-refractivity contribution in [3.8, 4) is 0 Å². The van der Waals surface area contributed by atoms with Crippen molar-refractivity contribution in [2.75, 3.05) is 18.0 Å². The van der Waals surface area contributed by atoms with Gasteiger partial charge in [-0.3, -0.25) is 4.98 Å². The maximum atomic E-state index is 4.27. The summed E-state index contributed by atoms with van der Waals surface area (Å²) in [6.07, 6.45) is 5.93. The van der Waals surface area contributed by atoms with Crippen LogP contribution in [-0.4, -0.2) is 18.1 Å². The fraction of sp³-hybridized carbons (Fsp3) is 0.235. The summed E-state index contributed by atoms with van der Waals surface area (Å²) in [6.45, 7) is 6.44. The first-order valence-electron chi connectivity index (χ1n) is 6.77. The van der Waals surface area contributed by atoms with Crippen LogP contribution in [-0.2, 0) is 0 Å². The van der Waals surface area contributed by atoms with Crippen LogP contribution < -0.4 is 4.90 Å². The Balaban J connectivity index is 2.09. The lowest BCUT2D eigenvalue weighted by Crippen LogP contribution is -2.21. The Morgan fingerprint density at radius 2 is 1.68 bits per heavy atom. The maximum absolute atomic E-state index is 4.27. The molecule has 2 heteroatoms. The SMILES string of the molecule is CCN(CC)c1ccc(/C=C/c2ccccn2)cc1. The number of aromatic nitrogens is 1. The first-order chi connectivity index (χ1) is 9.33. The normalized spacial score (nSPS) is 10.8. The molecule has 0 N–H and O–H groups in total. The van der Waals surface area contributed by atoms with Gasteiger partial charge in [0.2, 0.25) is 0 Å². The van der Waals surface area contributed by atoms with Gasteiger partial charge in [-0.05, 0) is 49.8 Å². The zero-order chi connectivity index (χ0) is 13.5. The third kappa shape index (κ3) is 3.68. The van der Waals surface area contributed by atoms with Crippen LogP contribution in [0.25, 0.3) is 12.2 Å². The van der Waals surface area contributed by atoms with E-state index >= 15 is 0 Å². The van der Waals surface area contributed by atoms with Crippen molar-refractivity contribution in [1.29, 1.82) is 0 Å². The molecule has 19 heavy (non-hydrogen) atoms. The van der Waals surface area contributed by atoms with Crippen LogP contribution in [0.5, 0.6) is 0 Å². The molecule has 0 aliphatic heterocycles. The van der Waals surface area contributed by atoms with E-state index < -0.39 is 0 Å². The molecule has 1 aromatic carbocycles. The molecule has 2 nitrogen and oxygen atoms in total. The van der Waals surface area contributed by atoms with Crippen molar-refractivity contribution < 1.29 is 0 Å². The number of pyridine rings is 1. The van der Waals surface area contributed by atoms with E-state index in [1.165, 1.54) is 11.3 Å². The highest BCUT2D eigenvalue weighted by atomic mass is 15.1. The zero-order valence-corrected chi connectivity index (χ0v) is 11.6. The molecular weight excluding hydrogens is 232 g/mol. The van der Waals surface area contributed by atoms with E-state index in [1.807, 2.05) is 30.5 Å². The van der Waals surface area contributed by atoms with E-state index in [0.29, 0.717) is 0 Å². The molecule has 0 unspecified atom stereocenters. The van der Waals surface area contributed by atoms with E-state index in [1.54, 1.807) is 0 Å². The standard InChI is InChI=1S/C17H20N2/c1-3-19(4-2)17-12-9-15(10-13-17)8-11-16-7-5-6-14-18-16/h5-14H,3-4H2,1-2H3/b11-8+. The number of rotatable bonds is 5. The molecule has 2 rings (SSSR count). The predicted octanol–water partition coefficient (Wildman–Crippen LogP) is 4.10. The second-order valence-corrected chi connectivity index (χ2v) is 4.35. The second-order valence-electron chi connectivity index (χ2n) is 4.35. The van der Waals surface area contributed by atoms with Crippen molar-refractivity contribution in [1.82, 2.24) is 4.98 Å². The third-order valence-corrected chi connectivity index (χ3v) is 3.16. The first kappa shape index (κ1) is 13.3. The first-order valence-corrected chi connectivity index (χ1v) is 6.77. The van der Waals surface area contributed by atoms with Crippen LogP contribution in [0.4, 0.5) is 5.69 Å². The van der Waals surface area contributed by atoms with Gasteiger partial charge in [0.1, 0.15) is 0 Å². The molecule has 0 aliphatic carbocycles. The van der Waals surface area contributed by atoms with Gasteiger partial charge in [0, 0.05) is 25.0 Å². The van der Waals surface area contributed by atoms with Crippen LogP contribution >= 0.6 is 0 Å². The topological polar surface area (TPSA) is 16.1 Å². The molecule has 0 aliphatic rings. The highest BCUT2D eigenvalue weighted by Gasteiger charge is 1.99. The predicted molar refractivity (Wildman–Crippen MR) is 83.2 cm³/mol. The van der Waals surface area contributed by atoms with E-state index in [0.717, 1.165) is 18.8 Å². The van der Waals surface area contributed by atoms with Crippen LogP contribution in [0.15, 0.2) is 48.7 Å². The molecule has 2 aromatic rings. The molecular formula is C17H20N2. The van der Waals surface area contributed by atoms with E-state index in [-0.39, 0.29) is 0 Å². The summed E-state index contributed by atoms with van der Waals surface area (Å²) in [5, 5.41) is 0. The zero-order valence-electron chi connectivity index (χ0n) is 11.6. The van der Waals surface area contributed by atoms with Gasteiger partial charge in [-0.25, -0.2) is 0 Å². The number of hydrogen-bond acceptors (Lipinski definition) is 2. The summed E-state index contributed by atoms with van der Waals surface area (Å²) in [5.74, 6) is 0. The summed E-state index contributed by atoms with van der Waals surface area (Å²) < 4.78 is 0. The van der Waals surface area contributed by atoms with Crippen LogP contribution in [0.2, 0.25) is 0 Å². The second kappa shape index (κ2) is 6.74. The monoisotopic (exact) mass is 252 g/mol. The molecule has 1 heterocycles. The Morgan fingerprint density at radius 1 is 0.947 bits per heavy atom. The molecule has 98 valence electrons. The van der Waals surface area contributed by atoms with Gasteiger partial charge < -0.3 is 4.90 Å². The van der Waals surface area contributed by atoms with Gasteiger partial charge >= 0.3 is 0 Å². The fourth-order valence-electron chi connectivity index (χ4n) is 2.04. The van der Waals surface area contributed by atoms with Gasteiger partial charge in [0.05, 0.1) is 5.69 Å². The number of hydrogen-bond donors (Lipinski definition) is 0. The average Bonchev–Trinajstić information content (AvgIpc) is 2.49. The summed E-state index contributed by atoms with van der Waals surface area (Å²) in [7, 11) is 0. The number of anilines is 1. The van der Waals surface area contributed by atoms with Crippen molar-refractivity contribution in [3.63, 3.8) is 0 Å². The minimum absolute atomic E-state index is 0.982. The Kier molecular flexibility index (Phi) is 4.73. The quantitative estimate of drug-likeness (QED) is 0.796. The lowest BCUT2D eigenvalue weighted by molar-refractivity contribution is 0.866. The minimum atomic E-state index is 0.982. The van der Waals surface area contributed by atoms with Gasteiger partial charge in [-0.1, -0.05) is 24.3 Å². The molecule has 0 saturated carbocycles. The molecule has 0 bridgehead atoms. The van der Waals surface area contributed by atoms with Crippen molar-refractivity contribution >= 4 is 17.8 Å². The van der Waals surface area contributed by atoms with E-state index in [4.69, 9.17) is 0 Å². The molecule has 1 aromatic heterocycles. The molecule has 0 saturated heterocycles. The van der Waals surface area contributed by atoms with Crippen molar-refractivity contribution in [2.45, 2.75) is 13.8 Å². The van der Waals surface area contributed by atoms with Crippen LogP contribution in [0.3, 0.4) is 0 Å². The Hall–Kier alpha value is -2.09. The van der Waals surface area contributed by atoms with E-state index in [2.05, 4.69) is 54.1 Å². The van der Waals surface area contributed by atoms with Gasteiger partial charge in [-0.15, -0.1) is 0 Å². The van der Waals surface area contributed by atoms with Gasteiger partial charge in [0.15, 0.2) is 0 Å². The summed E-state index contributed by atoms with van der Waals surface area (Å²) in [6, 6.07) is 14.6. The molecule has 0 atom stereocenters. The Morgan fingerprint density at radius 3 is 2.26 bits per heavy atom. The smallest absolute Gasteiger partial charge is 0.0629 e. The van der Waals surface area contributed by atoms with Crippen molar-refractivity contribution in [2.24, 2.45) is 0 Å². The minimum Gasteiger partial charge on any atom is -0.372 e. The lowest BCUT2D eigenvalue weighted by Gasteiger charge is -2.20. The molecule has 0 radical (unpaired) electrons. The largest absolute Gasteiger partial charge is 0.372 e. The van der Waals surface area contributed by atoms with Gasteiger partial charge in [-0.2, -0.15) is 0 Å². The van der Waals surface area contributed by atoms with E-state index in [9.17, 15) is 0 Å². The lowest BCUT2D eigenvalue weighted by atomic mass is 10.1. The summed E-state index contributed by atoms with van der Waals surface area (Å²) in [5.41, 5.74) is 3.46. The fourth-order valence-corrected chi connectivity index (χ4v) is 2.04. The summed E-state index contributed by atoms with van der Waals surface area (Å²) in [4.78, 5) is 6.61. The summed E-state index contributed by atoms with van der Waals surface area (Å²) >= 11 is 0. The number of nitrogens with zero attached hydrogens (tertiary/aromatic N) is 2. The van der Waals surface area contributed by atoms with Crippen molar-refractivity contribution in [3.05, 3.63) is 59.9 Å². The molecule has 0 amide bonds. The molecule has 0 fully saturated rings. The van der Waals surface area contributed by atoms with Crippen LogP contribution in [0, 0.1) is 0 Å².